The summed E-state index contributed by atoms with van der Waals surface area (Å²) in [5.74, 6) is 2.89. The third kappa shape index (κ3) is 4.56. The van der Waals surface area contributed by atoms with Gasteiger partial charge in [0.05, 0.1) is 5.75 Å². The lowest BCUT2D eigenvalue weighted by molar-refractivity contribution is 0.0921. The Morgan fingerprint density at radius 1 is 1.14 bits per heavy atom. The second-order valence-corrected chi connectivity index (χ2v) is 9.46. The Labute approximate surface area is 134 Å². The second kappa shape index (κ2) is 6.71. The van der Waals surface area contributed by atoms with Crippen molar-refractivity contribution in [1.82, 2.24) is 4.90 Å². The van der Waals surface area contributed by atoms with Crippen LogP contribution in [0.4, 0.5) is 0 Å². The lowest BCUT2D eigenvalue weighted by Crippen LogP contribution is -2.47. The Morgan fingerprint density at radius 2 is 1.86 bits per heavy atom. The average Bonchev–Trinajstić information content (AvgIpc) is 3.19. The van der Waals surface area contributed by atoms with Crippen LogP contribution < -0.4 is 0 Å². The third-order valence-corrected chi connectivity index (χ3v) is 6.15. The molecule has 0 amide bonds. The maximum absolute atomic E-state index is 11.1. The first kappa shape index (κ1) is 16.0. The van der Waals surface area contributed by atoms with E-state index in [1.54, 1.807) is 0 Å². The summed E-state index contributed by atoms with van der Waals surface area (Å²) in [5.41, 5.74) is 1.52. The number of hydrogen-bond donors (Lipinski definition) is 0. The molecule has 1 heterocycles. The van der Waals surface area contributed by atoms with Crippen LogP contribution in [0.25, 0.3) is 0 Å². The van der Waals surface area contributed by atoms with Crippen molar-refractivity contribution in [2.45, 2.75) is 31.6 Å². The van der Waals surface area contributed by atoms with Crippen LogP contribution in [-0.2, 0) is 9.84 Å². The minimum atomic E-state index is -2.79. The summed E-state index contributed by atoms with van der Waals surface area (Å²) in [5, 5.41) is 0. The number of hydrogen-bond acceptors (Lipinski definition) is 3. The molecule has 0 spiro atoms. The van der Waals surface area contributed by atoms with Crippen LogP contribution in [0.15, 0.2) is 30.3 Å². The van der Waals surface area contributed by atoms with Gasteiger partial charge in [0.1, 0.15) is 9.84 Å². The quantitative estimate of drug-likeness (QED) is 0.739. The highest BCUT2D eigenvalue weighted by Crippen LogP contribution is 2.50. The number of rotatable bonds is 8. The highest BCUT2D eigenvalue weighted by Gasteiger charge is 2.38. The van der Waals surface area contributed by atoms with Crippen LogP contribution in [0.2, 0.25) is 0 Å². The van der Waals surface area contributed by atoms with Crippen molar-refractivity contribution >= 4 is 9.84 Å². The lowest BCUT2D eigenvalue weighted by Gasteiger charge is -2.39. The molecule has 0 unspecified atom stereocenters. The molecule has 1 aliphatic heterocycles. The van der Waals surface area contributed by atoms with E-state index < -0.39 is 9.84 Å². The van der Waals surface area contributed by atoms with Crippen LogP contribution in [0.1, 0.15) is 37.2 Å². The third-order valence-electron chi connectivity index (χ3n) is 5.12. The molecule has 1 aliphatic carbocycles. The molecule has 22 heavy (non-hydrogen) atoms. The standard InChI is InChI=1S/C18H27NO2S/c1-22(20,21)11-5-10-19-13-15(14-19)8-9-17-12-18(17)16-6-3-2-4-7-16/h2-4,6-7,15,17-18H,5,8-14H2,1H3/t17-,18+/m1/s1. The van der Waals surface area contributed by atoms with Gasteiger partial charge in [0.2, 0.25) is 0 Å². The van der Waals surface area contributed by atoms with Gasteiger partial charge in [-0.1, -0.05) is 30.3 Å². The summed E-state index contributed by atoms with van der Waals surface area (Å²) in [6.45, 7) is 3.29. The van der Waals surface area contributed by atoms with Gasteiger partial charge in [-0.3, -0.25) is 0 Å². The summed E-state index contributed by atoms with van der Waals surface area (Å²) in [6.07, 6.45) is 6.18. The van der Waals surface area contributed by atoms with Crippen molar-refractivity contribution in [2.24, 2.45) is 11.8 Å². The van der Waals surface area contributed by atoms with Gasteiger partial charge >= 0.3 is 0 Å². The van der Waals surface area contributed by atoms with E-state index in [9.17, 15) is 8.42 Å². The van der Waals surface area contributed by atoms with Crippen molar-refractivity contribution in [3.8, 4) is 0 Å². The molecule has 3 nitrogen and oxygen atoms in total. The molecular weight excluding hydrogens is 294 g/mol. The average molecular weight is 321 g/mol. The normalized spacial score (nSPS) is 25.9. The molecule has 122 valence electrons. The molecule has 1 saturated carbocycles. The molecule has 2 atom stereocenters. The topological polar surface area (TPSA) is 37.4 Å². The van der Waals surface area contributed by atoms with Gasteiger partial charge in [-0.25, -0.2) is 8.42 Å². The lowest BCUT2D eigenvalue weighted by atomic mass is 9.92. The van der Waals surface area contributed by atoms with E-state index in [1.165, 1.54) is 44.2 Å². The van der Waals surface area contributed by atoms with Crippen LogP contribution in [0.5, 0.6) is 0 Å². The number of benzene rings is 1. The minimum Gasteiger partial charge on any atom is -0.303 e. The van der Waals surface area contributed by atoms with Crippen molar-refractivity contribution in [3.05, 3.63) is 35.9 Å². The molecule has 1 aromatic rings. The highest BCUT2D eigenvalue weighted by atomic mass is 32.2. The number of sulfone groups is 1. The Morgan fingerprint density at radius 3 is 2.55 bits per heavy atom. The molecule has 1 aromatic carbocycles. The Kier molecular flexibility index (Phi) is 4.88. The van der Waals surface area contributed by atoms with Crippen LogP contribution in [0, 0.1) is 11.8 Å². The summed E-state index contributed by atoms with van der Waals surface area (Å²) >= 11 is 0. The van der Waals surface area contributed by atoms with Gasteiger partial charge in [0, 0.05) is 19.3 Å². The molecule has 3 rings (SSSR count). The minimum absolute atomic E-state index is 0.328. The first-order valence-corrected chi connectivity index (χ1v) is 10.5. The fraction of sp³-hybridized carbons (Fsp3) is 0.667. The van der Waals surface area contributed by atoms with Crippen molar-refractivity contribution in [1.29, 1.82) is 0 Å². The van der Waals surface area contributed by atoms with Gasteiger partial charge in [-0.05, 0) is 55.5 Å². The zero-order chi connectivity index (χ0) is 15.6. The SMILES string of the molecule is CS(=O)(=O)CCCN1CC(CC[C@@H]2C[C@H]2c2ccccc2)C1. The van der Waals surface area contributed by atoms with E-state index in [1.807, 2.05) is 0 Å². The fourth-order valence-electron chi connectivity index (χ4n) is 3.72. The molecule has 0 N–H and O–H groups in total. The van der Waals surface area contributed by atoms with Crippen LogP contribution in [0.3, 0.4) is 0 Å². The summed E-state index contributed by atoms with van der Waals surface area (Å²) in [7, 11) is -2.79. The molecule has 4 heteroatoms. The van der Waals surface area contributed by atoms with Crippen molar-refractivity contribution in [2.75, 3.05) is 31.6 Å². The van der Waals surface area contributed by atoms with Crippen LogP contribution >= 0.6 is 0 Å². The monoisotopic (exact) mass is 321 g/mol. The number of nitrogens with zero attached hydrogens (tertiary/aromatic N) is 1. The van der Waals surface area contributed by atoms with Crippen molar-refractivity contribution in [3.63, 3.8) is 0 Å². The van der Waals surface area contributed by atoms with Gasteiger partial charge in [0.25, 0.3) is 0 Å². The van der Waals surface area contributed by atoms with E-state index in [0.29, 0.717) is 5.75 Å². The molecule has 2 fully saturated rings. The molecule has 0 aromatic heterocycles. The zero-order valence-electron chi connectivity index (χ0n) is 13.4. The van der Waals surface area contributed by atoms with Gasteiger partial charge in [-0.2, -0.15) is 0 Å². The first-order valence-electron chi connectivity index (χ1n) is 8.46. The van der Waals surface area contributed by atoms with Crippen LogP contribution in [-0.4, -0.2) is 45.0 Å². The fourth-order valence-corrected chi connectivity index (χ4v) is 4.37. The zero-order valence-corrected chi connectivity index (χ0v) is 14.3. The van der Waals surface area contributed by atoms with E-state index in [2.05, 4.69) is 35.2 Å². The first-order chi connectivity index (χ1) is 10.5. The van der Waals surface area contributed by atoms with E-state index in [4.69, 9.17) is 0 Å². The molecule has 2 aliphatic rings. The van der Waals surface area contributed by atoms with Gasteiger partial charge in [-0.15, -0.1) is 0 Å². The predicted molar refractivity (Wildman–Crippen MR) is 90.8 cm³/mol. The highest BCUT2D eigenvalue weighted by molar-refractivity contribution is 7.90. The number of likely N-dealkylation sites (tertiary alicyclic amines) is 1. The van der Waals surface area contributed by atoms with Gasteiger partial charge in [0.15, 0.2) is 0 Å². The summed E-state index contributed by atoms with van der Waals surface area (Å²) in [4.78, 5) is 2.40. The predicted octanol–water partition coefficient (Wildman–Crippen LogP) is 2.94. The Bertz CT molecular complexity index is 578. The van der Waals surface area contributed by atoms with E-state index in [0.717, 1.165) is 30.7 Å². The summed E-state index contributed by atoms with van der Waals surface area (Å²) in [6, 6.07) is 10.9. The Balaban J connectivity index is 1.27. The second-order valence-electron chi connectivity index (χ2n) is 7.20. The maximum atomic E-state index is 11.1. The molecule has 0 radical (unpaired) electrons. The molecular formula is C18H27NO2S. The molecule has 1 saturated heterocycles. The molecule has 0 bridgehead atoms. The van der Waals surface area contributed by atoms with E-state index >= 15 is 0 Å². The largest absolute Gasteiger partial charge is 0.303 e. The Hall–Kier alpha value is -0.870. The van der Waals surface area contributed by atoms with E-state index in [-0.39, 0.29) is 0 Å². The van der Waals surface area contributed by atoms with Crippen molar-refractivity contribution < 1.29 is 8.42 Å². The van der Waals surface area contributed by atoms with Gasteiger partial charge < -0.3 is 4.90 Å². The summed E-state index contributed by atoms with van der Waals surface area (Å²) < 4.78 is 22.2. The maximum Gasteiger partial charge on any atom is 0.147 e. The smallest absolute Gasteiger partial charge is 0.147 e.